The number of aryl methyl sites for hydroxylation is 1. The predicted octanol–water partition coefficient (Wildman–Crippen LogP) is 2.15. The van der Waals surface area contributed by atoms with Crippen LogP contribution in [0.5, 0.6) is 0 Å². The van der Waals surface area contributed by atoms with E-state index < -0.39 is 10.0 Å². The zero-order valence-corrected chi connectivity index (χ0v) is 13.0. The van der Waals surface area contributed by atoms with Crippen LogP contribution in [0, 0.1) is 12.8 Å². The highest BCUT2D eigenvalue weighted by atomic mass is 32.2. The first-order valence-corrected chi connectivity index (χ1v) is 7.84. The van der Waals surface area contributed by atoms with Crippen LogP contribution in [0.3, 0.4) is 0 Å². The molecular formula is C14H23NO3S. The minimum atomic E-state index is -3.51. The number of hydrogen-bond donors (Lipinski definition) is 1. The number of sulfonamides is 1. The van der Waals surface area contributed by atoms with Gasteiger partial charge in [0.15, 0.2) is 0 Å². The molecule has 5 heteroatoms. The SMILES string of the molecule is Cc1ccc(S(=O)(=O)N(C)C(C)C(C)C)cc1CO. The van der Waals surface area contributed by atoms with Crippen LogP contribution in [-0.4, -0.2) is 30.9 Å². The Balaban J connectivity index is 3.20. The first-order chi connectivity index (χ1) is 8.71. The van der Waals surface area contributed by atoms with Gasteiger partial charge in [0.1, 0.15) is 0 Å². The molecule has 19 heavy (non-hydrogen) atoms. The maximum Gasteiger partial charge on any atom is 0.243 e. The van der Waals surface area contributed by atoms with Gasteiger partial charge < -0.3 is 5.11 Å². The summed E-state index contributed by atoms with van der Waals surface area (Å²) in [5.41, 5.74) is 1.53. The summed E-state index contributed by atoms with van der Waals surface area (Å²) >= 11 is 0. The molecule has 0 heterocycles. The normalized spacial score (nSPS) is 14.1. The average molecular weight is 285 g/mol. The molecule has 0 spiro atoms. The molecular weight excluding hydrogens is 262 g/mol. The van der Waals surface area contributed by atoms with E-state index in [0.29, 0.717) is 5.56 Å². The van der Waals surface area contributed by atoms with Gasteiger partial charge in [-0.05, 0) is 43.0 Å². The molecule has 0 bridgehead atoms. The second kappa shape index (κ2) is 6.03. The summed E-state index contributed by atoms with van der Waals surface area (Å²) < 4.78 is 26.4. The summed E-state index contributed by atoms with van der Waals surface area (Å²) in [6, 6.07) is 4.79. The van der Waals surface area contributed by atoms with Crippen molar-refractivity contribution in [2.75, 3.05) is 7.05 Å². The standard InChI is InChI=1S/C14H23NO3S/c1-10(2)12(4)15(5)19(17,18)14-7-6-11(3)13(8-14)9-16/h6-8,10,12,16H,9H2,1-5H3. The number of benzene rings is 1. The van der Waals surface area contributed by atoms with Gasteiger partial charge in [-0.15, -0.1) is 0 Å². The van der Waals surface area contributed by atoms with E-state index in [-0.39, 0.29) is 23.5 Å². The number of hydrogen-bond acceptors (Lipinski definition) is 3. The van der Waals surface area contributed by atoms with Crippen LogP contribution in [0.4, 0.5) is 0 Å². The zero-order valence-electron chi connectivity index (χ0n) is 12.2. The van der Waals surface area contributed by atoms with Crippen molar-refractivity contribution < 1.29 is 13.5 Å². The van der Waals surface area contributed by atoms with Gasteiger partial charge in [0, 0.05) is 13.1 Å². The molecule has 1 atom stereocenters. The van der Waals surface area contributed by atoms with Gasteiger partial charge in [-0.2, -0.15) is 4.31 Å². The predicted molar refractivity (Wildman–Crippen MR) is 76.4 cm³/mol. The largest absolute Gasteiger partial charge is 0.392 e. The molecule has 0 radical (unpaired) electrons. The van der Waals surface area contributed by atoms with Gasteiger partial charge in [0.2, 0.25) is 10.0 Å². The van der Waals surface area contributed by atoms with Crippen LogP contribution in [-0.2, 0) is 16.6 Å². The Kier molecular flexibility index (Phi) is 5.12. The van der Waals surface area contributed by atoms with Crippen molar-refractivity contribution >= 4 is 10.0 Å². The van der Waals surface area contributed by atoms with Crippen molar-refractivity contribution in [2.45, 2.75) is 45.2 Å². The molecule has 0 aromatic heterocycles. The van der Waals surface area contributed by atoms with Gasteiger partial charge >= 0.3 is 0 Å². The molecule has 1 aromatic rings. The molecule has 0 aliphatic carbocycles. The summed E-state index contributed by atoms with van der Waals surface area (Å²) in [7, 11) is -1.91. The molecule has 0 saturated heterocycles. The third-order valence-corrected chi connectivity index (χ3v) is 5.65. The summed E-state index contributed by atoms with van der Waals surface area (Å²) in [6.07, 6.45) is 0. The topological polar surface area (TPSA) is 57.6 Å². The Morgan fingerprint density at radius 3 is 2.32 bits per heavy atom. The lowest BCUT2D eigenvalue weighted by Gasteiger charge is -2.27. The smallest absolute Gasteiger partial charge is 0.243 e. The van der Waals surface area contributed by atoms with Crippen LogP contribution in [0.1, 0.15) is 31.9 Å². The van der Waals surface area contributed by atoms with E-state index in [9.17, 15) is 13.5 Å². The fraction of sp³-hybridized carbons (Fsp3) is 0.571. The van der Waals surface area contributed by atoms with E-state index in [2.05, 4.69) is 0 Å². The Morgan fingerprint density at radius 2 is 1.84 bits per heavy atom. The quantitative estimate of drug-likeness (QED) is 0.902. The van der Waals surface area contributed by atoms with E-state index in [4.69, 9.17) is 0 Å². The van der Waals surface area contributed by atoms with Gasteiger partial charge in [0.25, 0.3) is 0 Å². The third-order valence-electron chi connectivity index (χ3n) is 3.71. The second-order valence-corrected chi connectivity index (χ2v) is 7.25. The molecule has 0 aliphatic heterocycles. The lowest BCUT2D eigenvalue weighted by molar-refractivity contribution is 0.280. The summed E-state index contributed by atoms with van der Waals surface area (Å²) in [6.45, 7) is 7.57. The Bertz CT molecular complexity index is 538. The molecule has 0 fully saturated rings. The van der Waals surface area contributed by atoms with Crippen LogP contribution in [0.25, 0.3) is 0 Å². The fourth-order valence-electron chi connectivity index (χ4n) is 1.78. The molecule has 1 rings (SSSR count). The summed E-state index contributed by atoms with van der Waals surface area (Å²) in [4.78, 5) is 0.233. The molecule has 0 saturated carbocycles. The maximum absolute atomic E-state index is 12.5. The second-order valence-electron chi connectivity index (χ2n) is 5.25. The Hall–Kier alpha value is -0.910. The third kappa shape index (κ3) is 3.35. The minimum absolute atomic E-state index is 0.0797. The molecule has 1 N–H and O–H groups in total. The van der Waals surface area contributed by atoms with Crippen molar-refractivity contribution in [3.8, 4) is 0 Å². The van der Waals surface area contributed by atoms with Gasteiger partial charge in [-0.25, -0.2) is 8.42 Å². The van der Waals surface area contributed by atoms with Crippen LogP contribution in [0.15, 0.2) is 23.1 Å². The highest BCUT2D eigenvalue weighted by Gasteiger charge is 2.27. The monoisotopic (exact) mass is 285 g/mol. The fourth-order valence-corrected chi connectivity index (χ4v) is 3.33. The Labute approximate surface area is 116 Å². The molecule has 4 nitrogen and oxygen atoms in total. The van der Waals surface area contributed by atoms with Crippen molar-refractivity contribution in [3.05, 3.63) is 29.3 Å². The number of nitrogens with zero attached hydrogens (tertiary/aromatic N) is 1. The number of aliphatic hydroxyl groups excluding tert-OH is 1. The molecule has 108 valence electrons. The first kappa shape index (κ1) is 16.1. The minimum Gasteiger partial charge on any atom is -0.392 e. The van der Waals surface area contributed by atoms with Crippen molar-refractivity contribution in [3.63, 3.8) is 0 Å². The van der Waals surface area contributed by atoms with Crippen molar-refractivity contribution in [1.82, 2.24) is 4.31 Å². The van der Waals surface area contributed by atoms with E-state index in [0.717, 1.165) is 5.56 Å². The number of rotatable bonds is 5. The summed E-state index contributed by atoms with van der Waals surface area (Å²) in [5.74, 6) is 0.238. The van der Waals surface area contributed by atoms with Gasteiger partial charge in [-0.1, -0.05) is 19.9 Å². The van der Waals surface area contributed by atoms with Gasteiger partial charge in [-0.3, -0.25) is 0 Å². The highest BCUT2D eigenvalue weighted by Crippen LogP contribution is 2.22. The summed E-state index contributed by atoms with van der Waals surface area (Å²) in [5, 5.41) is 9.24. The molecule has 0 aliphatic rings. The van der Waals surface area contributed by atoms with E-state index in [1.165, 1.54) is 4.31 Å². The van der Waals surface area contributed by atoms with E-state index in [1.54, 1.807) is 25.2 Å². The van der Waals surface area contributed by atoms with Crippen LogP contribution >= 0.6 is 0 Å². The highest BCUT2D eigenvalue weighted by molar-refractivity contribution is 7.89. The lowest BCUT2D eigenvalue weighted by atomic mass is 10.1. The average Bonchev–Trinajstić information content (AvgIpc) is 2.36. The van der Waals surface area contributed by atoms with Crippen molar-refractivity contribution in [2.24, 2.45) is 5.92 Å². The van der Waals surface area contributed by atoms with E-state index >= 15 is 0 Å². The van der Waals surface area contributed by atoms with E-state index in [1.807, 2.05) is 27.7 Å². The molecule has 0 amide bonds. The van der Waals surface area contributed by atoms with Gasteiger partial charge in [0.05, 0.1) is 11.5 Å². The van der Waals surface area contributed by atoms with Crippen LogP contribution in [0.2, 0.25) is 0 Å². The molecule has 1 aromatic carbocycles. The maximum atomic E-state index is 12.5. The lowest BCUT2D eigenvalue weighted by Crippen LogP contribution is -2.38. The van der Waals surface area contributed by atoms with Crippen LogP contribution < -0.4 is 0 Å². The number of aliphatic hydroxyl groups is 1. The zero-order chi connectivity index (χ0) is 14.8. The molecule has 1 unspecified atom stereocenters. The Morgan fingerprint density at radius 1 is 1.26 bits per heavy atom. The van der Waals surface area contributed by atoms with Crippen molar-refractivity contribution in [1.29, 1.82) is 0 Å². The first-order valence-electron chi connectivity index (χ1n) is 6.40.